The summed E-state index contributed by atoms with van der Waals surface area (Å²) in [6, 6.07) is 0. The third-order valence-electron chi connectivity index (χ3n) is 2.08. The maximum Gasteiger partial charge on any atom is 0.209 e. The van der Waals surface area contributed by atoms with Gasteiger partial charge in [-0.2, -0.15) is 0 Å². The van der Waals surface area contributed by atoms with Crippen molar-refractivity contribution < 1.29 is 5.11 Å². The first-order valence-corrected chi connectivity index (χ1v) is 5.75. The van der Waals surface area contributed by atoms with Crippen LogP contribution in [0.3, 0.4) is 0 Å². The number of rotatable bonds is 5. The minimum Gasteiger partial charge on any atom is -0.394 e. The molecule has 0 bridgehead atoms. The second-order valence-electron chi connectivity index (χ2n) is 3.19. The minimum atomic E-state index is 0.0321. The molecule has 2 heterocycles. The molecule has 2 rings (SSSR count). The molecule has 0 spiro atoms. The van der Waals surface area contributed by atoms with E-state index in [0.29, 0.717) is 11.7 Å². The lowest BCUT2D eigenvalue weighted by molar-refractivity contribution is 0.262. The van der Waals surface area contributed by atoms with E-state index in [0.717, 1.165) is 11.4 Å². The number of aromatic nitrogens is 6. The lowest BCUT2D eigenvalue weighted by atomic mass is 10.5. The van der Waals surface area contributed by atoms with Gasteiger partial charge in [-0.1, -0.05) is 11.8 Å². The molecule has 0 aliphatic carbocycles. The predicted octanol–water partition coefficient (Wildman–Crippen LogP) is -0.309. The molecular formula is C8H12N6OS. The second kappa shape index (κ2) is 5.08. The highest BCUT2D eigenvalue weighted by Crippen LogP contribution is 2.18. The Labute approximate surface area is 96.5 Å². The van der Waals surface area contributed by atoms with Crippen molar-refractivity contribution in [3.05, 3.63) is 18.2 Å². The van der Waals surface area contributed by atoms with Gasteiger partial charge in [0.05, 0.1) is 19.5 Å². The van der Waals surface area contributed by atoms with Crippen LogP contribution >= 0.6 is 11.8 Å². The van der Waals surface area contributed by atoms with Crippen LogP contribution in [0.2, 0.25) is 0 Å². The topological polar surface area (TPSA) is 81.7 Å². The van der Waals surface area contributed by atoms with Crippen LogP contribution in [0, 0.1) is 0 Å². The number of aliphatic hydroxyl groups excluding tert-OH is 1. The lowest BCUT2D eigenvalue weighted by Crippen LogP contribution is -2.06. The van der Waals surface area contributed by atoms with Crippen LogP contribution in [-0.2, 0) is 19.3 Å². The van der Waals surface area contributed by atoms with Gasteiger partial charge in [0.15, 0.2) is 0 Å². The normalized spacial score (nSPS) is 10.9. The molecule has 0 saturated heterocycles. The molecule has 16 heavy (non-hydrogen) atoms. The summed E-state index contributed by atoms with van der Waals surface area (Å²) in [5.41, 5.74) is 1.10. The number of hydrogen-bond acceptors (Lipinski definition) is 6. The van der Waals surface area contributed by atoms with Gasteiger partial charge in [0.2, 0.25) is 5.16 Å². The Morgan fingerprint density at radius 1 is 1.50 bits per heavy atom. The Hall–Kier alpha value is -1.41. The highest BCUT2D eigenvalue weighted by Gasteiger charge is 2.07. The van der Waals surface area contributed by atoms with Crippen molar-refractivity contribution in [2.45, 2.75) is 17.5 Å². The summed E-state index contributed by atoms with van der Waals surface area (Å²) < 4.78 is 3.54. The third-order valence-corrected chi connectivity index (χ3v) is 3.07. The Morgan fingerprint density at radius 2 is 2.38 bits per heavy atom. The van der Waals surface area contributed by atoms with Gasteiger partial charge in [-0.05, 0) is 10.4 Å². The van der Waals surface area contributed by atoms with Crippen LogP contribution in [-0.4, -0.2) is 41.5 Å². The zero-order valence-electron chi connectivity index (χ0n) is 8.81. The van der Waals surface area contributed by atoms with Gasteiger partial charge in [-0.25, -0.2) is 9.67 Å². The zero-order valence-corrected chi connectivity index (χ0v) is 9.63. The van der Waals surface area contributed by atoms with Crippen molar-refractivity contribution in [1.82, 2.24) is 29.8 Å². The van der Waals surface area contributed by atoms with E-state index in [1.807, 2.05) is 17.8 Å². The van der Waals surface area contributed by atoms with E-state index >= 15 is 0 Å². The number of aliphatic hydroxyl groups is 1. The van der Waals surface area contributed by atoms with Gasteiger partial charge < -0.3 is 9.67 Å². The molecular weight excluding hydrogens is 228 g/mol. The molecule has 86 valence electrons. The molecule has 0 aliphatic rings. The van der Waals surface area contributed by atoms with E-state index in [9.17, 15) is 0 Å². The van der Waals surface area contributed by atoms with Crippen molar-refractivity contribution in [1.29, 1.82) is 0 Å². The SMILES string of the molecule is Cn1cncc1CSc1nnnn1CCO. The summed E-state index contributed by atoms with van der Waals surface area (Å²) in [6.07, 6.45) is 3.57. The Kier molecular flexibility index (Phi) is 3.52. The Morgan fingerprint density at radius 3 is 3.06 bits per heavy atom. The average Bonchev–Trinajstić information content (AvgIpc) is 2.86. The van der Waals surface area contributed by atoms with Crippen molar-refractivity contribution in [2.24, 2.45) is 7.05 Å². The van der Waals surface area contributed by atoms with Gasteiger partial charge in [0.1, 0.15) is 0 Å². The van der Waals surface area contributed by atoms with E-state index < -0.39 is 0 Å². The molecule has 0 saturated carbocycles. The summed E-state index contributed by atoms with van der Waals surface area (Å²) >= 11 is 1.52. The number of imidazole rings is 1. The number of thioether (sulfide) groups is 1. The Bertz CT molecular complexity index is 453. The first kappa shape index (κ1) is 11.1. The van der Waals surface area contributed by atoms with Crippen molar-refractivity contribution >= 4 is 11.8 Å². The van der Waals surface area contributed by atoms with Gasteiger partial charge >= 0.3 is 0 Å². The number of tetrazole rings is 1. The predicted molar refractivity (Wildman–Crippen MR) is 57.7 cm³/mol. The fourth-order valence-corrected chi connectivity index (χ4v) is 2.12. The average molecular weight is 240 g/mol. The van der Waals surface area contributed by atoms with E-state index in [1.165, 1.54) is 11.8 Å². The molecule has 0 fully saturated rings. The summed E-state index contributed by atoms with van der Waals surface area (Å²) in [5, 5.41) is 20.8. The molecule has 0 atom stereocenters. The van der Waals surface area contributed by atoms with Gasteiger partial charge in [-0.15, -0.1) is 5.10 Å². The van der Waals surface area contributed by atoms with E-state index in [2.05, 4.69) is 20.5 Å². The van der Waals surface area contributed by atoms with E-state index in [-0.39, 0.29) is 6.61 Å². The maximum absolute atomic E-state index is 8.82. The van der Waals surface area contributed by atoms with Crippen LogP contribution < -0.4 is 0 Å². The number of nitrogens with zero attached hydrogens (tertiary/aromatic N) is 6. The van der Waals surface area contributed by atoms with E-state index in [1.54, 1.807) is 11.0 Å². The fourth-order valence-electron chi connectivity index (χ4n) is 1.20. The van der Waals surface area contributed by atoms with Crippen LogP contribution in [0.5, 0.6) is 0 Å². The largest absolute Gasteiger partial charge is 0.394 e. The molecule has 1 N–H and O–H groups in total. The first-order chi connectivity index (χ1) is 7.81. The number of aryl methyl sites for hydroxylation is 1. The summed E-state index contributed by atoms with van der Waals surface area (Å²) in [4.78, 5) is 4.03. The van der Waals surface area contributed by atoms with Crippen molar-refractivity contribution in [3.63, 3.8) is 0 Å². The quantitative estimate of drug-likeness (QED) is 0.722. The molecule has 0 unspecified atom stereocenters. The molecule has 8 heteroatoms. The highest BCUT2D eigenvalue weighted by molar-refractivity contribution is 7.98. The van der Waals surface area contributed by atoms with Gasteiger partial charge in [0, 0.05) is 24.7 Å². The monoisotopic (exact) mass is 240 g/mol. The molecule has 2 aromatic rings. The first-order valence-electron chi connectivity index (χ1n) is 4.76. The molecule has 7 nitrogen and oxygen atoms in total. The molecule has 0 radical (unpaired) electrons. The molecule has 0 amide bonds. The molecule has 2 aromatic heterocycles. The standard InChI is InChI=1S/C8H12N6OS/c1-13-6-9-4-7(13)5-16-8-10-11-12-14(8)2-3-15/h4,6,15H,2-3,5H2,1H3. The molecule has 0 aliphatic heterocycles. The van der Waals surface area contributed by atoms with Crippen LogP contribution in [0.25, 0.3) is 0 Å². The summed E-state index contributed by atoms with van der Waals surface area (Å²) in [5.74, 6) is 0.752. The third kappa shape index (κ3) is 2.39. The lowest BCUT2D eigenvalue weighted by Gasteiger charge is -2.02. The van der Waals surface area contributed by atoms with Crippen LogP contribution in [0.1, 0.15) is 5.69 Å². The highest BCUT2D eigenvalue weighted by atomic mass is 32.2. The minimum absolute atomic E-state index is 0.0321. The Balaban J connectivity index is 1.99. The number of hydrogen-bond donors (Lipinski definition) is 1. The molecule has 0 aromatic carbocycles. The van der Waals surface area contributed by atoms with Crippen molar-refractivity contribution in [3.8, 4) is 0 Å². The van der Waals surface area contributed by atoms with Crippen molar-refractivity contribution in [2.75, 3.05) is 6.61 Å². The van der Waals surface area contributed by atoms with Crippen LogP contribution in [0.15, 0.2) is 17.7 Å². The summed E-state index contributed by atoms with van der Waals surface area (Å²) in [6.45, 7) is 0.449. The van der Waals surface area contributed by atoms with E-state index in [4.69, 9.17) is 5.11 Å². The zero-order chi connectivity index (χ0) is 11.4. The smallest absolute Gasteiger partial charge is 0.209 e. The fraction of sp³-hybridized carbons (Fsp3) is 0.500. The van der Waals surface area contributed by atoms with Gasteiger partial charge in [-0.3, -0.25) is 0 Å². The van der Waals surface area contributed by atoms with Crippen LogP contribution in [0.4, 0.5) is 0 Å². The van der Waals surface area contributed by atoms with Gasteiger partial charge in [0.25, 0.3) is 0 Å². The summed E-state index contributed by atoms with van der Waals surface area (Å²) in [7, 11) is 1.94. The second-order valence-corrected chi connectivity index (χ2v) is 4.14. The maximum atomic E-state index is 8.82.